The average molecular weight is 382 g/mol. The molecule has 0 aliphatic heterocycles. The molecule has 0 saturated heterocycles. The number of non-ortho nitro benzene ring substituents is 1. The summed E-state index contributed by atoms with van der Waals surface area (Å²) < 4.78 is 36.5. The van der Waals surface area contributed by atoms with Gasteiger partial charge in [-0.15, -0.1) is 6.58 Å². The van der Waals surface area contributed by atoms with Crippen molar-refractivity contribution in [3.8, 4) is 0 Å². The molecule has 0 amide bonds. The Morgan fingerprint density at radius 3 is 2.58 bits per heavy atom. The maximum Gasteiger partial charge on any atom is 0.508 e. The lowest BCUT2D eigenvalue weighted by Gasteiger charge is -2.26. The fraction of sp³-hybridized carbons (Fsp3) is 0.312. The largest absolute Gasteiger partial charge is 0.508 e. The number of hydrogen-bond acceptors (Lipinski definition) is 7. The molecule has 0 saturated carbocycles. The molecule has 0 fully saturated rings. The predicted molar refractivity (Wildman–Crippen MR) is 92.0 cm³/mol. The highest BCUT2D eigenvalue weighted by Gasteiger charge is 2.34. The Kier molecular flexibility index (Phi) is 6.11. The van der Waals surface area contributed by atoms with E-state index in [1.165, 1.54) is 29.6 Å². The Morgan fingerprint density at radius 2 is 2.04 bits per heavy atom. The molecule has 1 aliphatic carbocycles. The number of rotatable bonds is 7. The second-order valence-corrected chi connectivity index (χ2v) is 7.30. The maximum absolute atomic E-state index is 12.9. The van der Waals surface area contributed by atoms with Crippen LogP contribution in [0.4, 0.5) is 10.5 Å². The monoisotopic (exact) mass is 382 g/mol. The standard InChI is InChI=1S/C16H18N2O7S/c1-3-10-17(13-4-7-14(11-13)25-16(19)24-2)26(22,23)15-8-5-12(6-9-15)18(20)21/h3-9,13-14H,1,10-11H2,2H3/t13-,14+/m1/s1. The van der Waals surface area contributed by atoms with E-state index in [-0.39, 0.29) is 23.5 Å². The fourth-order valence-corrected chi connectivity index (χ4v) is 4.10. The lowest BCUT2D eigenvalue weighted by molar-refractivity contribution is -0.384. The average Bonchev–Trinajstić information content (AvgIpc) is 3.07. The summed E-state index contributed by atoms with van der Waals surface area (Å²) in [5, 5.41) is 10.7. The SMILES string of the molecule is C=CCN([C@@H]1C=C[C@H](OC(=O)OC)C1)S(=O)(=O)c1ccc([N+](=O)[O-])cc1. The summed E-state index contributed by atoms with van der Waals surface area (Å²) in [6, 6.07) is 4.08. The molecule has 0 heterocycles. The van der Waals surface area contributed by atoms with Gasteiger partial charge in [-0.25, -0.2) is 13.2 Å². The van der Waals surface area contributed by atoms with E-state index in [2.05, 4.69) is 11.3 Å². The van der Waals surface area contributed by atoms with Crippen LogP contribution in [0.15, 0.2) is 54.0 Å². The van der Waals surface area contributed by atoms with E-state index in [0.717, 1.165) is 12.1 Å². The van der Waals surface area contributed by atoms with E-state index >= 15 is 0 Å². The summed E-state index contributed by atoms with van der Waals surface area (Å²) in [5.41, 5.74) is -0.202. The van der Waals surface area contributed by atoms with E-state index in [4.69, 9.17) is 4.74 Å². The fourth-order valence-electron chi connectivity index (χ4n) is 2.53. The third-order valence-electron chi connectivity index (χ3n) is 3.77. The van der Waals surface area contributed by atoms with Gasteiger partial charge in [0.1, 0.15) is 6.10 Å². The van der Waals surface area contributed by atoms with Gasteiger partial charge in [-0.1, -0.05) is 12.2 Å². The van der Waals surface area contributed by atoms with Gasteiger partial charge in [0.15, 0.2) is 0 Å². The molecule has 0 unspecified atom stereocenters. The molecule has 1 aromatic rings. The number of carbonyl (C=O) groups is 1. The summed E-state index contributed by atoms with van der Waals surface area (Å²) in [7, 11) is -2.75. The lowest BCUT2D eigenvalue weighted by Crippen LogP contribution is -2.39. The second-order valence-electron chi connectivity index (χ2n) is 5.41. The number of methoxy groups -OCH3 is 1. The molecule has 1 aromatic carbocycles. The highest BCUT2D eigenvalue weighted by Crippen LogP contribution is 2.27. The Hall–Kier alpha value is -2.72. The van der Waals surface area contributed by atoms with Crippen LogP contribution in [0.25, 0.3) is 0 Å². The van der Waals surface area contributed by atoms with Gasteiger partial charge in [-0.2, -0.15) is 4.31 Å². The van der Waals surface area contributed by atoms with Gasteiger partial charge in [0, 0.05) is 31.1 Å². The molecule has 140 valence electrons. The van der Waals surface area contributed by atoms with Gasteiger partial charge in [-0.3, -0.25) is 10.1 Å². The van der Waals surface area contributed by atoms with E-state index in [0.29, 0.717) is 0 Å². The van der Waals surface area contributed by atoms with Crippen LogP contribution in [-0.4, -0.2) is 49.6 Å². The molecule has 10 heteroatoms. The van der Waals surface area contributed by atoms with Crippen LogP contribution in [0.3, 0.4) is 0 Å². The van der Waals surface area contributed by atoms with Gasteiger partial charge in [0.05, 0.1) is 16.9 Å². The van der Waals surface area contributed by atoms with Crippen molar-refractivity contribution in [2.75, 3.05) is 13.7 Å². The zero-order valence-corrected chi connectivity index (χ0v) is 14.8. The zero-order valence-electron chi connectivity index (χ0n) is 14.0. The quantitative estimate of drug-likeness (QED) is 0.307. The number of nitro groups is 1. The topological polar surface area (TPSA) is 116 Å². The smallest absolute Gasteiger partial charge is 0.438 e. The number of ether oxygens (including phenoxy) is 2. The summed E-state index contributed by atoms with van der Waals surface area (Å²) in [5.74, 6) is 0. The Morgan fingerprint density at radius 1 is 1.38 bits per heavy atom. The van der Waals surface area contributed by atoms with E-state index in [1.54, 1.807) is 12.2 Å². The van der Waals surface area contributed by atoms with Crippen LogP contribution >= 0.6 is 0 Å². The molecule has 0 aromatic heterocycles. The van der Waals surface area contributed by atoms with Crippen molar-refractivity contribution >= 4 is 21.9 Å². The molecular weight excluding hydrogens is 364 g/mol. The Balaban J connectivity index is 2.23. The Labute approximate surface area is 150 Å². The number of hydrogen-bond donors (Lipinski definition) is 0. The molecule has 2 rings (SSSR count). The van der Waals surface area contributed by atoms with Gasteiger partial charge in [0.2, 0.25) is 10.0 Å². The first-order valence-corrected chi connectivity index (χ1v) is 9.03. The first kappa shape index (κ1) is 19.6. The molecule has 9 nitrogen and oxygen atoms in total. The van der Waals surface area contributed by atoms with E-state index < -0.39 is 33.2 Å². The first-order chi connectivity index (χ1) is 12.3. The molecule has 2 atom stereocenters. The van der Waals surface area contributed by atoms with Crippen molar-refractivity contribution in [3.63, 3.8) is 0 Å². The maximum atomic E-state index is 12.9. The number of sulfonamides is 1. The number of benzene rings is 1. The van der Waals surface area contributed by atoms with Crippen molar-refractivity contribution in [2.24, 2.45) is 0 Å². The van der Waals surface area contributed by atoms with Crippen LogP contribution in [0.2, 0.25) is 0 Å². The predicted octanol–water partition coefficient (Wildman–Crippen LogP) is 2.25. The molecule has 0 radical (unpaired) electrons. The van der Waals surface area contributed by atoms with Crippen molar-refractivity contribution < 1.29 is 27.6 Å². The second kappa shape index (κ2) is 8.11. The van der Waals surface area contributed by atoms with Crippen molar-refractivity contribution in [3.05, 3.63) is 59.2 Å². The summed E-state index contributed by atoms with van der Waals surface area (Å²) in [4.78, 5) is 21.2. The normalized spacial score (nSPS) is 19.3. The summed E-state index contributed by atoms with van der Waals surface area (Å²) in [6.07, 6.45) is 3.42. The molecule has 26 heavy (non-hydrogen) atoms. The molecule has 0 spiro atoms. The molecule has 1 aliphatic rings. The number of nitro benzene ring substituents is 1. The minimum atomic E-state index is -3.93. The summed E-state index contributed by atoms with van der Waals surface area (Å²) in [6.45, 7) is 3.60. The lowest BCUT2D eigenvalue weighted by atomic mass is 10.2. The van der Waals surface area contributed by atoms with Crippen LogP contribution in [-0.2, 0) is 19.5 Å². The van der Waals surface area contributed by atoms with Crippen molar-refractivity contribution in [1.82, 2.24) is 4.31 Å². The van der Waals surface area contributed by atoms with Gasteiger partial charge in [-0.05, 0) is 18.2 Å². The molecule has 0 bridgehead atoms. The minimum absolute atomic E-state index is 0.0271. The van der Waals surface area contributed by atoms with Crippen molar-refractivity contribution in [1.29, 1.82) is 0 Å². The van der Waals surface area contributed by atoms with Gasteiger partial charge in [0.25, 0.3) is 5.69 Å². The number of carbonyl (C=O) groups excluding carboxylic acids is 1. The Bertz CT molecular complexity index is 818. The van der Waals surface area contributed by atoms with Crippen LogP contribution < -0.4 is 0 Å². The third-order valence-corrected chi connectivity index (χ3v) is 5.67. The van der Waals surface area contributed by atoms with E-state index in [9.17, 15) is 23.3 Å². The number of nitrogens with zero attached hydrogens (tertiary/aromatic N) is 2. The van der Waals surface area contributed by atoms with Gasteiger partial charge >= 0.3 is 6.16 Å². The van der Waals surface area contributed by atoms with E-state index in [1.807, 2.05) is 0 Å². The summed E-state index contributed by atoms with van der Waals surface area (Å²) >= 11 is 0. The molecule has 0 N–H and O–H groups in total. The highest BCUT2D eigenvalue weighted by molar-refractivity contribution is 7.89. The van der Waals surface area contributed by atoms with Crippen LogP contribution in [0.1, 0.15) is 6.42 Å². The minimum Gasteiger partial charge on any atom is -0.438 e. The van der Waals surface area contributed by atoms with Crippen LogP contribution in [0, 0.1) is 10.1 Å². The first-order valence-electron chi connectivity index (χ1n) is 7.59. The highest BCUT2D eigenvalue weighted by atomic mass is 32.2. The van der Waals surface area contributed by atoms with Crippen molar-refractivity contribution in [2.45, 2.75) is 23.5 Å². The van der Waals surface area contributed by atoms with Gasteiger partial charge < -0.3 is 9.47 Å². The third kappa shape index (κ3) is 4.27. The zero-order chi connectivity index (χ0) is 19.3. The molecular formula is C16H18N2O7S. The van der Waals surface area contributed by atoms with Crippen LogP contribution in [0.5, 0.6) is 0 Å².